The molecule has 3 heterocycles. The molecule has 3 aliphatic rings. The van der Waals surface area contributed by atoms with Crippen molar-refractivity contribution in [2.75, 3.05) is 19.6 Å². The Kier molecular flexibility index (Phi) is 3.64. The van der Waals surface area contributed by atoms with Gasteiger partial charge in [-0.3, -0.25) is 24.1 Å². The molecule has 0 radical (unpaired) electrons. The summed E-state index contributed by atoms with van der Waals surface area (Å²) < 4.78 is 0. The summed E-state index contributed by atoms with van der Waals surface area (Å²) in [6, 6.07) is 4.48. The predicted molar refractivity (Wildman–Crippen MR) is 92.7 cm³/mol. The highest BCUT2D eigenvalue weighted by atomic mass is 16.2. The van der Waals surface area contributed by atoms with Crippen molar-refractivity contribution in [3.8, 4) is 0 Å². The van der Waals surface area contributed by atoms with Gasteiger partial charge in [-0.25, -0.2) is 0 Å². The maximum Gasteiger partial charge on any atom is 0.261 e. The third-order valence-corrected chi connectivity index (χ3v) is 5.60. The normalized spacial score (nSPS) is 24.8. The molecule has 1 aromatic carbocycles. The number of imide groups is 1. The lowest BCUT2D eigenvalue weighted by Crippen LogP contribution is -2.36. The van der Waals surface area contributed by atoms with Gasteiger partial charge in [-0.05, 0) is 38.5 Å². The van der Waals surface area contributed by atoms with Crippen LogP contribution in [0.25, 0.3) is 0 Å². The van der Waals surface area contributed by atoms with Crippen LogP contribution in [0.4, 0.5) is 0 Å². The van der Waals surface area contributed by atoms with E-state index in [-0.39, 0.29) is 35.1 Å². The third-order valence-electron chi connectivity index (χ3n) is 5.60. The number of carbonyl (C=O) groups is 4. The van der Waals surface area contributed by atoms with Crippen molar-refractivity contribution in [2.24, 2.45) is 5.41 Å². The van der Waals surface area contributed by atoms with Crippen LogP contribution < -0.4 is 5.32 Å². The fourth-order valence-electron chi connectivity index (χ4n) is 4.19. The number of rotatable bonds is 2. The number of carbonyl (C=O) groups excluding carboxylic acids is 4. The smallest absolute Gasteiger partial charge is 0.261 e. The quantitative estimate of drug-likeness (QED) is 0.803. The highest BCUT2D eigenvalue weighted by Gasteiger charge is 2.45. The number of hydrogen-bond donors (Lipinski definition) is 1. The van der Waals surface area contributed by atoms with E-state index in [4.69, 9.17) is 0 Å². The molecule has 1 atom stereocenters. The van der Waals surface area contributed by atoms with Crippen LogP contribution in [0.2, 0.25) is 0 Å². The van der Waals surface area contributed by atoms with Crippen LogP contribution in [-0.4, -0.2) is 59.1 Å². The zero-order valence-electron chi connectivity index (χ0n) is 14.9. The lowest BCUT2D eigenvalue weighted by Gasteiger charge is -2.22. The first kappa shape index (κ1) is 16.8. The van der Waals surface area contributed by atoms with Crippen LogP contribution in [0.15, 0.2) is 18.2 Å². The summed E-state index contributed by atoms with van der Waals surface area (Å²) in [5, 5.41) is 2.85. The van der Waals surface area contributed by atoms with Crippen molar-refractivity contribution in [1.82, 2.24) is 15.1 Å². The Bertz CT molecular complexity index is 847. The monoisotopic (exact) mass is 355 g/mol. The summed E-state index contributed by atoms with van der Waals surface area (Å²) in [4.78, 5) is 52.3. The van der Waals surface area contributed by atoms with Crippen LogP contribution in [-0.2, 0) is 4.79 Å². The van der Waals surface area contributed by atoms with Crippen molar-refractivity contribution in [3.63, 3.8) is 0 Å². The molecular weight excluding hydrogens is 334 g/mol. The fraction of sp³-hybridized carbons (Fsp3) is 0.474. The second-order valence-corrected chi connectivity index (χ2v) is 7.76. The zero-order chi connectivity index (χ0) is 18.6. The molecule has 7 nitrogen and oxygen atoms in total. The number of amides is 4. The van der Waals surface area contributed by atoms with Gasteiger partial charge >= 0.3 is 0 Å². The number of nitrogens with one attached hydrogen (secondary N) is 1. The molecule has 4 rings (SSSR count). The van der Waals surface area contributed by atoms with Gasteiger partial charge in [0.25, 0.3) is 17.7 Å². The highest BCUT2D eigenvalue weighted by molar-refractivity contribution is 6.22. The molecule has 2 saturated heterocycles. The number of hydrogen-bond acceptors (Lipinski definition) is 4. The van der Waals surface area contributed by atoms with Gasteiger partial charge in [-0.2, -0.15) is 0 Å². The van der Waals surface area contributed by atoms with E-state index >= 15 is 0 Å². The van der Waals surface area contributed by atoms with Crippen molar-refractivity contribution in [2.45, 2.75) is 32.7 Å². The minimum absolute atomic E-state index is 0.0368. The average molecular weight is 355 g/mol. The maximum absolute atomic E-state index is 12.9. The van der Waals surface area contributed by atoms with Gasteiger partial charge in [-0.1, -0.05) is 0 Å². The second kappa shape index (κ2) is 5.65. The summed E-state index contributed by atoms with van der Waals surface area (Å²) in [5.74, 6) is -0.783. The Labute approximate surface area is 151 Å². The molecule has 1 N–H and O–H groups in total. The Morgan fingerprint density at radius 1 is 1.15 bits per heavy atom. The van der Waals surface area contributed by atoms with Crippen LogP contribution in [0.1, 0.15) is 57.8 Å². The molecule has 2 fully saturated rings. The first-order valence-electron chi connectivity index (χ1n) is 8.89. The number of likely N-dealkylation sites (tertiary alicyclic amines) is 1. The summed E-state index contributed by atoms with van der Waals surface area (Å²) in [6.07, 6.45) is 1.25. The van der Waals surface area contributed by atoms with E-state index in [2.05, 4.69) is 5.32 Å². The van der Waals surface area contributed by atoms with E-state index < -0.39 is 0 Å². The van der Waals surface area contributed by atoms with Crippen molar-refractivity contribution >= 4 is 23.6 Å². The molecule has 3 aliphatic heterocycles. The predicted octanol–water partition coefficient (Wildman–Crippen LogP) is 1.04. The van der Waals surface area contributed by atoms with Crippen LogP contribution in [0, 0.1) is 5.41 Å². The molecule has 4 amide bonds. The van der Waals surface area contributed by atoms with Gasteiger partial charge in [0.1, 0.15) is 0 Å². The molecular formula is C19H21N3O4. The van der Waals surface area contributed by atoms with Gasteiger partial charge in [0.2, 0.25) is 5.91 Å². The summed E-state index contributed by atoms with van der Waals surface area (Å²) in [7, 11) is 0. The minimum atomic E-state index is -0.349. The molecule has 0 aromatic heterocycles. The molecule has 1 aromatic rings. The molecule has 0 aliphatic carbocycles. The maximum atomic E-state index is 12.9. The third kappa shape index (κ3) is 2.41. The molecule has 1 spiro atoms. The van der Waals surface area contributed by atoms with Gasteiger partial charge < -0.3 is 10.2 Å². The Morgan fingerprint density at radius 2 is 1.88 bits per heavy atom. The van der Waals surface area contributed by atoms with E-state index in [0.717, 1.165) is 6.42 Å². The summed E-state index contributed by atoms with van der Waals surface area (Å²) >= 11 is 0. The van der Waals surface area contributed by atoms with Crippen LogP contribution in [0.3, 0.4) is 0 Å². The lowest BCUT2D eigenvalue weighted by atomic mass is 9.86. The van der Waals surface area contributed by atoms with E-state index in [0.29, 0.717) is 42.7 Å². The molecule has 1 unspecified atom stereocenters. The average Bonchev–Trinajstić information content (AvgIpc) is 3.25. The highest BCUT2D eigenvalue weighted by Crippen LogP contribution is 2.37. The second-order valence-electron chi connectivity index (χ2n) is 7.76. The lowest BCUT2D eigenvalue weighted by molar-refractivity contribution is -0.119. The molecule has 0 saturated carbocycles. The topological polar surface area (TPSA) is 86.8 Å². The summed E-state index contributed by atoms with van der Waals surface area (Å²) in [5.41, 5.74) is 0.888. The Morgan fingerprint density at radius 3 is 2.54 bits per heavy atom. The molecule has 136 valence electrons. The molecule has 0 bridgehead atoms. The van der Waals surface area contributed by atoms with Crippen molar-refractivity contribution < 1.29 is 19.2 Å². The zero-order valence-corrected chi connectivity index (χ0v) is 14.9. The van der Waals surface area contributed by atoms with Crippen LogP contribution >= 0.6 is 0 Å². The van der Waals surface area contributed by atoms with E-state index in [1.54, 1.807) is 30.9 Å². The number of fused-ring (bicyclic) bond motifs is 1. The first-order valence-corrected chi connectivity index (χ1v) is 8.89. The number of benzene rings is 1. The molecule has 26 heavy (non-hydrogen) atoms. The first-order chi connectivity index (χ1) is 12.3. The standard InChI is InChI=1S/C19H21N3O4/c1-11(2)22-17(25)13-4-3-12(7-14(13)18(22)26)16(24)21-6-5-19(10-21)8-15(23)20-9-19/h3-4,7,11H,5-6,8-10H2,1-2H3,(H,20,23). The Hall–Kier alpha value is -2.70. The van der Waals surface area contributed by atoms with Gasteiger partial charge in [0.05, 0.1) is 11.1 Å². The Balaban J connectivity index is 1.57. The summed E-state index contributed by atoms with van der Waals surface area (Å²) in [6.45, 7) is 5.31. The van der Waals surface area contributed by atoms with Crippen molar-refractivity contribution in [3.05, 3.63) is 34.9 Å². The fourth-order valence-corrected chi connectivity index (χ4v) is 4.19. The van der Waals surface area contributed by atoms with Crippen LogP contribution in [0.5, 0.6) is 0 Å². The van der Waals surface area contributed by atoms with Crippen molar-refractivity contribution in [1.29, 1.82) is 0 Å². The van der Waals surface area contributed by atoms with E-state index in [1.807, 2.05) is 0 Å². The number of nitrogens with zero attached hydrogens (tertiary/aromatic N) is 2. The van der Waals surface area contributed by atoms with Gasteiger partial charge in [0, 0.05) is 43.1 Å². The largest absolute Gasteiger partial charge is 0.355 e. The van der Waals surface area contributed by atoms with Gasteiger partial charge in [0.15, 0.2) is 0 Å². The minimum Gasteiger partial charge on any atom is -0.355 e. The van der Waals surface area contributed by atoms with E-state index in [9.17, 15) is 19.2 Å². The molecule has 7 heteroatoms. The van der Waals surface area contributed by atoms with Gasteiger partial charge in [-0.15, -0.1) is 0 Å². The SMILES string of the molecule is CC(C)N1C(=O)c2ccc(C(=O)N3CCC4(CNC(=O)C4)C3)cc2C1=O. The van der Waals surface area contributed by atoms with E-state index in [1.165, 1.54) is 11.0 Å².